The van der Waals surface area contributed by atoms with Crippen molar-refractivity contribution in [3.63, 3.8) is 0 Å². The van der Waals surface area contributed by atoms with Crippen molar-refractivity contribution in [3.05, 3.63) is 18.5 Å². The molecule has 1 aromatic heterocycles. The first-order valence-corrected chi connectivity index (χ1v) is 3.74. The minimum atomic E-state index is -1.80. The Morgan fingerprint density at radius 1 is 1.18 bits per heavy atom. The number of ether oxygens (including phenoxy) is 1. The lowest BCUT2D eigenvalue weighted by Gasteiger charge is -2.10. The molecule has 0 radical (unpaired) electrons. The summed E-state index contributed by atoms with van der Waals surface area (Å²) in [6.07, 6.45) is 2.97. The Morgan fingerprint density at radius 3 is 2.18 bits per heavy atom. The molecule has 0 aliphatic rings. The van der Waals surface area contributed by atoms with Crippen LogP contribution in [0.15, 0.2) is 18.5 Å². The van der Waals surface area contributed by atoms with Gasteiger partial charge in [-0.3, -0.25) is 0 Å². The van der Waals surface area contributed by atoms with Crippen LogP contribution in [-0.2, 0) is 0 Å². The topological polar surface area (TPSA) is 35.0 Å². The molecule has 0 saturated heterocycles. The number of hydrogen-bond acceptors (Lipinski definition) is 3. The second-order valence-corrected chi connectivity index (χ2v) is 3.76. The molecule has 0 unspecified atom stereocenters. The third kappa shape index (κ3) is 3.60. The number of rotatable bonds is 1. The van der Waals surface area contributed by atoms with Crippen LogP contribution in [0.2, 0.25) is 0 Å². The molecular formula is C5H3Cl3N2O. The van der Waals surface area contributed by atoms with Gasteiger partial charge in [0, 0.05) is 12.4 Å². The van der Waals surface area contributed by atoms with Crippen molar-refractivity contribution in [1.82, 2.24) is 9.97 Å². The van der Waals surface area contributed by atoms with Crippen LogP contribution in [-0.4, -0.2) is 13.9 Å². The van der Waals surface area contributed by atoms with E-state index >= 15 is 0 Å². The van der Waals surface area contributed by atoms with Gasteiger partial charge in [-0.2, -0.15) is 0 Å². The van der Waals surface area contributed by atoms with Gasteiger partial charge in [-0.25, -0.2) is 9.97 Å². The van der Waals surface area contributed by atoms with Gasteiger partial charge in [0.25, 0.3) is 0 Å². The van der Waals surface area contributed by atoms with Gasteiger partial charge in [0.05, 0.1) is 0 Å². The van der Waals surface area contributed by atoms with Crippen molar-refractivity contribution in [2.45, 2.75) is 3.98 Å². The van der Waals surface area contributed by atoms with Gasteiger partial charge >= 0.3 is 9.99 Å². The Morgan fingerprint density at radius 2 is 1.73 bits per heavy atom. The summed E-state index contributed by atoms with van der Waals surface area (Å²) in [5, 5.41) is 0. The molecule has 1 heterocycles. The first-order valence-electron chi connectivity index (χ1n) is 2.61. The van der Waals surface area contributed by atoms with Crippen LogP contribution >= 0.6 is 34.8 Å². The molecular weight excluding hydrogens is 210 g/mol. The molecule has 3 nitrogen and oxygen atoms in total. The molecule has 0 N–H and O–H groups in total. The van der Waals surface area contributed by atoms with E-state index in [-0.39, 0.29) is 6.01 Å². The molecule has 0 amide bonds. The van der Waals surface area contributed by atoms with Crippen molar-refractivity contribution in [2.75, 3.05) is 0 Å². The number of alkyl halides is 3. The van der Waals surface area contributed by atoms with Gasteiger partial charge in [-0.15, -0.1) is 0 Å². The summed E-state index contributed by atoms with van der Waals surface area (Å²) >= 11 is 15.9. The normalized spacial score (nSPS) is 11.2. The summed E-state index contributed by atoms with van der Waals surface area (Å²) < 4.78 is 2.87. The highest BCUT2D eigenvalue weighted by atomic mass is 35.6. The standard InChI is InChI=1S/C5H3Cl3N2O/c6-5(7,8)11-4-9-2-1-3-10-4/h1-3H. The molecule has 0 aliphatic carbocycles. The molecule has 11 heavy (non-hydrogen) atoms. The Kier molecular flexibility index (Phi) is 2.76. The van der Waals surface area contributed by atoms with E-state index in [2.05, 4.69) is 14.7 Å². The average molecular weight is 213 g/mol. The van der Waals surface area contributed by atoms with E-state index < -0.39 is 3.98 Å². The van der Waals surface area contributed by atoms with E-state index in [0.29, 0.717) is 0 Å². The van der Waals surface area contributed by atoms with Gasteiger partial charge in [-0.05, 0) is 40.9 Å². The van der Waals surface area contributed by atoms with Crippen molar-refractivity contribution in [3.8, 4) is 6.01 Å². The predicted octanol–water partition coefficient (Wildman–Crippen LogP) is 2.18. The highest BCUT2D eigenvalue weighted by Gasteiger charge is 2.22. The molecule has 6 heteroatoms. The summed E-state index contributed by atoms with van der Waals surface area (Å²) in [7, 11) is 0. The van der Waals surface area contributed by atoms with Gasteiger partial charge in [0.15, 0.2) is 0 Å². The van der Waals surface area contributed by atoms with Crippen LogP contribution in [0.1, 0.15) is 0 Å². The summed E-state index contributed by atoms with van der Waals surface area (Å²) in [6.45, 7) is 0. The number of hydrogen-bond donors (Lipinski definition) is 0. The molecule has 1 aromatic rings. The molecule has 0 fully saturated rings. The van der Waals surface area contributed by atoms with Crippen molar-refractivity contribution in [2.24, 2.45) is 0 Å². The third-order valence-electron chi connectivity index (χ3n) is 0.749. The van der Waals surface area contributed by atoms with Gasteiger partial charge < -0.3 is 4.74 Å². The lowest BCUT2D eigenvalue weighted by Crippen LogP contribution is -2.14. The smallest absolute Gasteiger partial charge is 0.341 e. The van der Waals surface area contributed by atoms with Crippen molar-refractivity contribution < 1.29 is 4.74 Å². The van der Waals surface area contributed by atoms with Crippen LogP contribution in [0.25, 0.3) is 0 Å². The average Bonchev–Trinajstić information content (AvgIpc) is 1.85. The molecule has 0 bridgehead atoms. The van der Waals surface area contributed by atoms with E-state index in [0.717, 1.165) is 0 Å². The van der Waals surface area contributed by atoms with E-state index in [9.17, 15) is 0 Å². The fraction of sp³-hybridized carbons (Fsp3) is 0.200. The van der Waals surface area contributed by atoms with E-state index in [1.54, 1.807) is 6.07 Å². The minimum Gasteiger partial charge on any atom is -0.412 e. The fourth-order valence-electron chi connectivity index (χ4n) is 0.442. The Balaban J connectivity index is 2.66. The van der Waals surface area contributed by atoms with Crippen LogP contribution in [0, 0.1) is 0 Å². The third-order valence-corrected chi connectivity index (χ3v) is 0.981. The molecule has 0 aliphatic heterocycles. The highest BCUT2D eigenvalue weighted by molar-refractivity contribution is 6.66. The maximum atomic E-state index is 5.30. The summed E-state index contributed by atoms with van der Waals surface area (Å²) in [5.41, 5.74) is 0. The lowest BCUT2D eigenvalue weighted by molar-refractivity contribution is 0.293. The summed E-state index contributed by atoms with van der Waals surface area (Å²) in [6, 6.07) is 1.66. The summed E-state index contributed by atoms with van der Waals surface area (Å²) in [4.78, 5) is 7.35. The van der Waals surface area contributed by atoms with Crippen LogP contribution in [0.3, 0.4) is 0 Å². The fourth-order valence-corrected chi connectivity index (χ4v) is 0.649. The molecule has 0 spiro atoms. The second kappa shape index (κ2) is 3.43. The number of nitrogens with zero attached hydrogens (tertiary/aromatic N) is 2. The van der Waals surface area contributed by atoms with E-state index in [1.165, 1.54) is 12.4 Å². The van der Waals surface area contributed by atoms with Crippen molar-refractivity contribution >= 4 is 34.8 Å². The van der Waals surface area contributed by atoms with Gasteiger partial charge in [-0.1, -0.05) is 0 Å². The Labute approximate surface area is 78.3 Å². The molecule has 0 atom stereocenters. The minimum absolute atomic E-state index is 0.0347. The molecule has 0 saturated carbocycles. The Bertz CT molecular complexity index is 223. The maximum absolute atomic E-state index is 5.30. The zero-order valence-electron chi connectivity index (χ0n) is 5.17. The van der Waals surface area contributed by atoms with E-state index in [1.807, 2.05) is 0 Å². The lowest BCUT2D eigenvalue weighted by atomic mass is 10.7. The van der Waals surface area contributed by atoms with Gasteiger partial charge in [0.2, 0.25) is 0 Å². The SMILES string of the molecule is ClC(Cl)(Cl)Oc1ncccn1. The zero-order valence-corrected chi connectivity index (χ0v) is 7.44. The van der Waals surface area contributed by atoms with Crippen molar-refractivity contribution in [1.29, 1.82) is 0 Å². The first-order chi connectivity index (χ1) is 5.08. The van der Waals surface area contributed by atoms with Gasteiger partial charge in [0.1, 0.15) is 0 Å². The largest absolute Gasteiger partial charge is 0.412 e. The second-order valence-electron chi connectivity index (χ2n) is 1.58. The Hall–Kier alpha value is -0.250. The van der Waals surface area contributed by atoms with E-state index in [4.69, 9.17) is 34.8 Å². The molecule has 0 aromatic carbocycles. The maximum Gasteiger partial charge on any atom is 0.341 e. The monoisotopic (exact) mass is 212 g/mol. The van der Waals surface area contributed by atoms with Crippen LogP contribution in [0.5, 0.6) is 6.01 Å². The zero-order chi connectivity index (χ0) is 8.32. The van der Waals surface area contributed by atoms with Crippen LogP contribution < -0.4 is 4.74 Å². The summed E-state index contributed by atoms with van der Waals surface area (Å²) in [5.74, 6) is 0. The first kappa shape index (κ1) is 8.84. The predicted molar refractivity (Wildman–Crippen MR) is 43.0 cm³/mol. The van der Waals surface area contributed by atoms with Crippen LogP contribution in [0.4, 0.5) is 0 Å². The molecule has 1 rings (SSSR count). The number of halogens is 3. The highest BCUT2D eigenvalue weighted by Crippen LogP contribution is 2.27. The number of aromatic nitrogens is 2. The quantitative estimate of drug-likeness (QED) is 0.671. The molecule has 60 valence electrons.